The number of nitrogens with zero attached hydrogens (tertiary/aromatic N) is 1. The molecule has 0 atom stereocenters. The normalized spacial score (nSPS) is 10.3. The van der Waals surface area contributed by atoms with Crippen LogP contribution in [0.1, 0.15) is 21.5 Å². The lowest BCUT2D eigenvalue weighted by Crippen LogP contribution is -2.13. The first kappa shape index (κ1) is 13.4. The van der Waals surface area contributed by atoms with E-state index < -0.39 is 0 Å². The van der Waals surface area contributed by atoms with Gasteiger partial charge in [0.05, 0.1) is 10.7 Å². The zero-order chi connectivity index (χ0) is 14.0. The Hall–Kier alpha value is -2.07. The number of hydrogen-bond donors (Lipinski definition) is 2. The maximum absolute atomic E-state index is 12.1. The van der Waals surface area contributed by atoms with E-state index in [2.05, 4.69) is 10.3 Å². The molecule has 3 N–H and O–H groups in total. The minimum atomic E-state index is -0.261. The number of carbonyl (C=O) groups is 1. The zero-order valence-electron chi connectivity index (χ0n) is 10.7. The molecule has 2 aromatic rings. The Balaban J connectivity index is 2.29. The number of benzene rings is 1. The highest BCUT2D eigenvalue weighted by molar-refractivity contribution is 6.34. The number of halogens is 1. The fourth-order valence-corrected chi connectivity index (χ4v) is 2.22. The number of carbonyl (C=O) groups excluding carboxylic acids is 1. The molecule has 0 aliphatic rings. The molecule has 1 amide bonds. The van der Waals surface area contributed by atoms with Gasteiger partial charge in [-0.2, -0.15) is 0 Å². The number of nitrogens with one attached hydrogen (secondary N) is 1. The third-order valence-electron chi connectivity index (χ3n) is 2.71. The lowest BCUT2D eigenvalue weighted by molar-refractivity contribution is 0.102. The quantitative estimate of drug-likeness (QED) is 0.884. The molecule has 0 radical (unpaired) electrons. The van der Waals surface area contributed by atoms with E-state index in [9.17, 15) is 4.79 Å². The second-order valence-corrected chi connectivity index (χ2v) is 4.77. The van der Waals surface area contributed by atoms with E-state index in [0.29, 0.717) is 22.1 Å². The highest BCUT2D eigenvalue weighted by atomic mass is 35.5. The first-order valence-corrected chi connectivity index (χ1v) is 6.15. The largest absolute Gasteiger partial charge is 0.384 e. The zero-order valence-corrected chi connectivity index (χ0v) is 11.5. The fraction of sp³-hybridized carbons (Fsp3) is 0.143. The molecule has 0 bridgehead atoms. The molecule has 0 unspecified atom stereocenters. The summed E-state index contributed by atoms with van der Waals surface area (Å²) in [5, 5.41) is 3.32. The number of amides is 1. The Morgan fingerprint density at radius 3 is 2.68 bits per heavy atom. The van der Waals surface area contributed by atoms with Gasteiger partial charge in [0.25, 0.3) is 5.91 Å². The van der Waals surface area contributed by atoms with E-state index in [1.807, 2.05) is 26.0 Å². The molecule has 0 fully saturated rings. The third-order valence-corrected chi connectivity index (χ3v) is 3.01. The van der Waals surface area contributed by atoms with Crippen LogP contribution in [-0.4, -0.2) is 10.9 Å². The molecular formula is C14H14ClN3O. The first-order valence-electron chi connectivity index (χ1n) is 5.77. The van der Waals surface area contributed by atoms with Crippen LogP contribution in [0.4, 0.5) is 11.5 Å². The van der Waals surface area contributed by atoms with Crippen LogP contribution < -0.4 is 11.1 Å². The molecule has 98 valence electrons. The van der Waals surface area contributed by atoms with Crippen molar-refractivity contribution in [3.05, 3.63) is 52.2 Å². The van der Waals surface area contributed by atoms with Crippen molar-refractivity contribution in [3.63, 3.8) is 0 Å². The third kappa shape index (κ3) is 3.03. The van der Waals surface area contributed by atoms with Crippen molar-refractivity contribution in [3.8, 4) is 0 Å². The summed E-state index contributed by atoms with van der Waals surface area (Å²) in [7, 11) is 0. The number of aryl methyl sites for hydroxylation is 2. The number of aromatic nitrogens is 1. The SMILES string of the molecule is Cc1cc(C)c(NC(=O)c2ccnc(N)c2)c(Cl)c1. The van der Waals surface area contributed by atoms with E-state index in [4.69, 9.17) is 17.3 Å². The van der Waals surface area contributed by atoms with Crippen molar-refractivity contribution in [2.75, 3.05) is 11.1 Å². The molecule has 5 heteroatoms. The molecule has 4 nitrogen and oxygen atoms in total. The molecule has 1 heterocycles. The lowest BCUT2D eigenvalue weighted by Gasteiger charge is -2.11. The number of nitrogens with two attached hydrogens (primary N) is 1. The Bertz CT molecular complexity index is 617. The molecule has 0 saturated heterocycles. The number of hydrogen-bond acceptors (Lipinski definition) is 3. The molecule has 0 aliphatic carbocycles. The predicted molar refractivity (Wildman–Crippen MR) is 77.5 cm³/mol. The summed E-state index contributed by atoms with van der Waals surface area (Å²) >= 11 is 6.15. The summed E-state index contributed by atoms with van der Waals surface area (Å²) in [6.45, 7) is 3.85. The Labute approximate surface area is 116 Å². The highest BCUT2D eigenvalue weighted by Crippen LogP contribution is 2.27. The average Bonchev–Trinajstić information content (AvgIpc) is 2.33. The van der Waals surface area contributed by atoms with Gasteiger partial charge in [-0.15, -0.1) is 0 Å². The van der Waals surface area contributed by atoms with Crippen LogP contribution in [0.5, 0.6) is 0 Å². The van der Waals surface area contributed by atoms with E-state index in [1.165, 1.54) is 12.3 Å². The van der Waals surface area contributed by atoms with Gasteiger partial charge in [0.15, 0.2) is 0 Å². The average molecular weight is 276 g/mol. The van der Waals surface area contributed by atoms with E-state index in [-0.39, 0.29) is 5.91 Å². The Morgan fingerprint density at radius 2 is 2.05 bits per heavy atom. The summed E-state index contributed by atoms with van der Waals surface area (Å²) in [5.74, 6) is 0.0438. The van der Waals surface area contributed by atoms with Crippen LogP contribution in [0.25, 0.3) is 0 Å². The second kappa shape index (κ2) is 5.28. The Kier molecular flexibility index (Phi) is 3.71. The van der Waals surface area contributed by atoms with Crippen molar-refractivity contribution >= 4 is 29.0 Å². The number of pyridine rings is 1. The molecule has 1 aromatic heterocycles. The standard InChI is InChI=1S/C14H14ClN3O/c1-8-5-9(2)13(11(15)6-8)18-14(19)10-3-4-17-12(16)7-10/h3-7H,1-2H3,(H2,16,17)(H,18,19). The van der Waals surface area contributed by atoms with Crippen LogP contribution in [0.15, 0.2) is 30.5 Å². The predicted octanol–water partition coefficient (Wildman–Crippen LogP) is 3.19. The van der Waals surface area contributed by atoms with Crippen LogP contribution in [0, 0.1) is 13.8 Å². The lowest BCUT2D eigenvalue weighted by atomic mass is 10.1. The number of nitrogen functional groups attached to an aromatic ring is 1. The van der Waals surface area contributed by atoms with Gasteiger partial charge in [-0.25, -0.2) is 4.98 Å². The fourth-order valence-electron chi connectivity index (χ4n) is 1.85. The van der Waals surface area contributed by atoms with E-state index >= 15 is 0 Å². The van der Waals surface area contributed by atoms with Crippen LogP contribution >= 0.6 is 11.6 Å². The van der Waals surface area contributed by atoms with Gasteiger partial charge in [-0.3, -0.25) is 4.79 Å². The summed E-state index contributed by atoms with van der Waals surface area (Å²) in [6.07, 6.45) is 1.49. The summed E-state index contributed by atoms with van der Waals surface area (Å²) in [5.41, 5.74) is 8.58. The summed E-state index contributed by atoms with van der Waals surface area (Å²) in [4.78, 5) is 16.0. The van der Waals surface area contributed by atoms with Gasteiger partial charge in [0.1, 0.15) is 5.82 Å². The molecule has 19 heavy (non-hydrogen) atoms. The van der Waals surface area contributed by atoms with Crippen molar-refractivity contribution < 1.29 is 4.79 Å². The number of anilines is 2. The molecule has 1 aromatic carbocycles. The van der Waals surface area contributed by atoms with Crippen LogP contribution in [0.2, 0.25) is 5.02 Å². The minimum absolute atomic E-state index is 0.261. The first-order chi connectivity index (χ1) is 8.97. The monoisotopic (exact) mass is 275 g/mol. The smallest absolute Gasteiger partial charge is 0.255 e. The van der Waals surface area contributed by atoms with Gasteiger partial charge in [-0.1, -0.05) is 17.7 Å². The van der Waals surface area contributed by atoms with Gasteiger partial charge < -0.3 is 11.1 Å². The van der Waals surface area contributed by atoms with Gasteiger partial charge in [-0.05, 0) is 43.2 Å². The van der Waals surface area contributed by atoms with Crippen LogP contribution in [-0.2, 0) is 0 Å². The molecular weight excluding hydrogens is 262 g/mol. The van der Waals surface area contributed by atoms with Gasteiger partial charge in [0.2, 0.25) is 0 Å². The van der Waals surface area contributed by atoms with Gasteiger partial charge >= 0.3 is 0 Å². The highest BCUT2D eigenvalue weighted by Gasteiger charge is 2.11. The van der Waals surface area contributed by atoms with Crippen molar-refractivity contribution in [2.45, 2.75) is 13.8 Å². The minimum Gasteiger partial charge on any atom is -0.384 e. The molecule has 0 spiro atoms. The summed E-state index contributed by atoms with van der Waals surface area (Å²) in [6, 6.07) is 6.89. The van der Waals surface area contributed by atoms with Crippen molar-refractivity contribution in [2.24, 2.45) is 0 Å². The Morgan fingerprint density at radius 1 is 1.32 bits per heavy atom. The molecule has 0 saturated carbocycles. The van der Waals surface area contributed by atoms with Crippen molar-refractivity contribution in [1.29, 1.82) is 0 Å². The van der Waals surface area contributed by atoms with E-state index in [1.54, 1.807) is 6.07 Å². The number of rotatable bonds is 2. The maximum Gasteiger partial charge on any atom is 0.255 e. The van der Waals surface area contributed by atoms with Crippen molar-refractivity contribution in [1.82, 2.24) is 4.98 Å². The molecule has 0 aliphatic heterocycles. The molecule has 2 rings (SSSR count). The second-order valence-electron chi connectivity index (χ2n) is 4.36. The van der Waals surface area contributed by atoms with Crippen LogP contribution in [0.3, 0.4) is 0 Å². The van der Waals surface area contributed by atoms with E-state index in [0.717, 1.165) is 11.1 Å². The summed E-state index contributed by atoms with van der Waals surface area (Å²) < 4.78 is 0. The topological polar surface area (TPSA) is 68.0 Å². The maximum atomic E-state index is 12.1. The van der Waals surface area contributed by atoms with Gasteiger partial charge in [0, 0.05) is 11.8 Å².